The summed E-state index contributed by atoms with van der Waals surface area (Å²) >= 11 is 0. The first-order chi connectivity index (χ1) is 15.9. The molecule has 1 aromatic heterocycles. The van der Waals surface area contributed by atoms with Crippen molar-refractivity contribution in [1.29, 1.82) is 0 Å². The number of H-pyrrole nitrogens is 1. The Morgan fingerprint density at radius 3 is 2.45 bits per heavy atom. The Labute approximate surface area is 186 Å². The summed E-state index contributed by atoms with van der Waals surface area (Å²) in [6, 6.07) is 10.8. The molecule has 0 aliphatic heterocycles. The average molecular weight is 457 g/mol. The Balaban J connectivity index is 1.53. The molecular weight excluding hydrogens is 439 g/mol. The number of anilines is 1. The molecular formula is C23H18F3N3O4. The third kappa shape index (κ3) is 4.54. The van der Waals surface area contributed by atoms with Gasteiger partial charge in [0.1, 0.15) is 18.2 Å². The fourth-order valence-corrected chi connectivity index (χ4v) is 3.17. The van der Waals surface area contributed by atoms with Crippen LogP contribution in [-0.4, -0.2) is 30.3 Å². The van der Waals surface area contributed by atoms with Crippen LogP contribution in [0.2, 0.25) is 0 Å². The van der Waals surface area contributed by atoms with Gasteiger partial charge in [0.05, 0.1) is 19.7 Å². The second-order valence-electron chi connectivity index (χ2n) is 6.95. The molecule has 1 amide bonds. The maximum Gasteiger partial charge on any atom is 0.257 e. The normalized spacial score (nSPS) is 10.8. The summed E-state index contributed by atoms with van der Waals surface area (Å²) in [4.78, 5) is 12.7. The van der Waals surface area contributed by atoms with E-state index in [4.69, 9.17) is 14.2 Å². The van der Waals surface area contributed by atoms with E-state index >= 15 is 0 Å². The van der Waals surface area contributed by atoms with Crippen molar-refractivity contribution >= 4 is 22.6 Å². The van der Waals surface area contributed by atoms with E-state index in [2.05, 4.69) is 15.5 Å². The standard InChI is InChI=1S/C23H18F3N3O4/c1-31-20-6-3-12(8-21(20)32-2)23(30)27-22-15-9-14(4-5-19(15)28-29-22)33-11-13-7-17(25)18(26)10-16(13)24/h3-10H,11H2,1-2H3,(H2,27,28,29,30). The van der Waals surface area contributed by atoms with Gasteiger partial charge in [-0.1, -0.05) is 0 Å². The zero-order valence-corrected chi connectivity index (χ0v) is 17.5. The average Bonchev–Trinajstić information content (AvgIpc) is 3.21. The minimum absolute atomic E-state index is 0.136. The Morgan fingerprint density at radius 2 is 1.70 bits per heavy atom. The second-order valence-corrected chi connectivity index (χ2v) is 6.95. The Kier molecular flexibility index (Phi) is 6.07. The number of carbonyl (C=O) groups excluding carboxylic acids is 1. The van der Waals surface area contributed by atoms with Crippen LogP contribution in [0.25, 0.3) is 10.9 Å². The number of amides is 1. The van der Waals surface area contributed by atoms with Gasteiger partial charge in [0.2, 0.25) is 0 Å². The zero-order valence-electron chi connectivity index (χ0n) is 17.5. The summed E-state index contributed by atoms with van der Waals surface area (Å²) in [7, 11) is 2.96. The zero-order chi connectivity index (χ0) is 23.5. The van der Waals surface area contributed by atoms with Crippen LogP contribution < -0.4 is 19.5 Å². The molecule has 0 unspecified atom stereocenters. The van der Waals surface area contributed by atoms with E-state index in [1.165, 1.54) is 20.3 Å². The van der Waals surface area contributed by atoms with E-state index in [1.54, 1.807) is 30.3 Å². The molecule has 0 spiro atoms. The van der Waals surface area contributed by atoms with Gasteiger partial charge in [-0.2, -0.15) is 5.10 Å². The van der Waals surface area contributed by atoms with Crippen LogP contribution in [0.1, 0.15) is 15.9 Å². The number of nitrogens with zero attached hydrogens (tertiary/aromatic N) is 1. The summed E-state index contributed by atoms with van der Waals surface area (Å²) < 4.78 is 56.3. The maximum absolute atomic E-state index is 13.8. The predicted octanol–water partition coefficient (Wildman–Crippen LogP) is 4.83. The Morgan fingerprint density at radius 1 is 0.939 bits per heavy atom. The van der Waals surface area contributed by atoms with Crippen molar-refractivity contribution in [2.45, 2.75) is 6.61 Å². The number of ether oxygens (including phenoxy) is 3. The number of methoxy groups -OCH3 is 2. The van der Waals surface area contributed by atoms with Crippen LogP contribution in [0.5, 0.6) is 17.2 Å². The lowest BCUT2D eigenvalue weighted by atomic mass is 10.1. The molecule has 2 N–H and O–H groups in total. The molecule has 170 valence electrons. The molecule has 7 nitrogen and oxygen atoms in total. The molecule has 0 fully saturated rings. The third-order valence-corrected chi connectivity index (χ3v) is 4.90. The number of carbonyl (C=O) groups is 1. The number of aromatic nitrogens is 2. The van der Waals surface area contributed by atoms with E-state index in [-0.39, 0.29) is 18.0 Å². The van der Waals surface area contributed by atoms with E-state index < -0.39 is 23.4 Å². The highest BCUT2D eigenvalue weighted by molar-refractivity contribution is 6.08. The van der Waals surface area contributed by atoms with Crippen LogP contribution in [0.15, 0.2) is 48.5 Å². The van der Waals surface area contributed by atoms with Gasteiger partial charge in [-0.25, -0.2) is 13.2 Å². The largest absolute Gasteiger partial charge is 0.493 e. The van der Waals surface area contributed by atoms with Crippen molar-refractivity contribution in [3.8, 4) is 17.2 Å². The fourth-order valence-electron chi connectivity index (χ4n) is 3.17. The van der Waals surface area contributed by atoms with E-state index in [0.29, 0.717) is 39.8 Å². The molecule has 33 heavy (non-hydrogen) atoms. The lowest BCUT2D eigenvalue weighted by Gasteiger charge is -2.10. The van der Waals surface area contributed by atoms with Gasteiger partial charge >= 0.3 is 0 Å². The summed E-state index contributed by atoms with van der Waals surface area (Å²) in [5.41, 5.74) is 0.803. The van der Waals surface area contributed by atoms with Crippen molar-refractivity contribution in [3.05, 3.63) is 77.1 Å². The number of rotatable bonds is 7. The van der Waals surface area contributed by atoms with E-state index in [0.717, 1.165) is 6.07 Å². The van der Waals surface area contributed by atoms with Crippen LogP contribution in [0, 0.1) is 17.5 Å². The van der Waals surface area contributed by atoms with Crippen LogP contribution in [-0.2, 0) is 6.61 Å². The third-order valence-electron chi connectivity index (χ3n) is 4.90. The van der Waals surface area contributed by atoms with Crippen molar-refractivity contribution in [2.24, 2.45) is 0 Å². The van der Waals surface area contributed by atoms with Gasteiger partial charge in [0.25, 0.3) is 5.91 Å². The molecule has 0 atom stereocenters. The molecule has 4 rings (SSSR count). The summed E-state index contributed by atoms with van der Waals surface area (Å²) in [6.45, 7) is -0.320. The summed E-state index contributed by atoms with van der Waals surface area (Å²) in [5.74, 6) is -2.34. The molecule has 0 saturated carbocycles. The van der Waals surface area contributed by atoms with Gasteiger partial charge < -0.3 is 19.5 Å². The molecule has 0 radical (unpaired) electrons. The molecule has 0 aliphatic carbocycles. The smallest absolute Gasteiger partial charge is 0.257 e. The number of nitrogens with one attached hydrogen (secondary N) is 2. The SMILES string of the molecule is COc1ccc(C(=O)Nc2n[nH]c3ccc(OCc4cc(F)c(F)cc4F)cc23)cc1OC. The van der Waals surface area contributed by atoms with Gasteiger partial charge in [0, 0.05) is 22.6 Å². The quantitative estimate of drug-likeness (QED) is 0.389. The fraction of sp³-hybridized carbons (Fsp3) is 0.130. The highest BCUT2D eigenvalue weighted by Crippen LogP contribution is 2.29. The lowest BCUT2D eigenvalue weighted by molar-refractivity contribution is 0.102. The minimum atomic E-state index is -1.27. The Bertz CT molecular complexity index is 1340. The topological polar surface area (TPSA) is 85.5 Å². The first kappa shape index (κ1) is 22.0. The highest BCUT2D eigenvalue weighted by Gasteiger charge is 2.15. The van der Waals surface area contributed by atoms with Gasteiger partial charge in [0.15, 0.2) is 29.0 Å². The molecule has 3 aromatic carbocycles. The predicted molar refractivity (Wildman–Crippen MR) is 114 cm³/mol. The van der Waals surface area contributed by atoms with Crippen molar-refractivity contribution < 1.29 is 32.2 Å². The number of hydrogen-bond donors (Lipinski definition) is 2. The van der Waals surface area contributed by atoms with Gasteiger partial charge in [-0.05, 0) is 42.5 Å². The summed E-state index contributed by atoms with van der Waals surface area (Å²) in [5, 5.41) is 10.1. The molecule has 4 aromatic rings. The van der Waals surface area contributed by atoms with Crippen LogP contribution in [0.3, 0.4) is 0 Å². The Hall–Kier alpha value is -4.21. The summed E-state index contributed by atoms with van der Waals surface area (Å²) in [6.07, 6.45) is 0. The van der Waals surface area contributed by atoms with Crippen LogP contribution >= 0.6 is 0 Å². The van der Waals surface area contributed by atoms with Crippen molar-refractivity contribution in [1.82, 2.24) is 10.2 Å². The van der Waals surface area contributed by atoms with Crippen molar-refractivity contribution in [3.63, 3.8) is 0 Å². The molecule has 0 saturated heterocycles. The first-order valence-electron chi connectivity index (χ1n) is 9.67. The number of fused-ring (bicyclic) bond motifs is 1. The number of aromatic amines is 1. The molecule has 10 heteroatoms. The highest BCUT2D eigenvalue weighted by atomic mass is 19.2. The monoisotopic (exact) mass is 457 g/mol. The van der Waals surface area contributed by atoms with Gasteiger partial charge in [-0.3, -0.25) is 9.89 Å². The van der Waals surface area contributed by atoms with Crippen LogP contribution in [0.4, 0.5) is 19.0 Å². The van der Waals surface area contributed by atoms with E-state index in [9.17, 15) is 18.0 Å². The number of benzene rings is 3. The van der Waals surface area contributed by atoms with E-state index in [1.807, 2.05) is 0 Å². The maximum atomic E-state index is 13.8. The second kappa shape index (κ2) is 9.11. The number of hydrogen-bond acceptors (Lipinski definition) is 5. The molecule has 0 aliphatic rings. The lowest BCUT2D eigenvalue weighted by Crippen LogP contribution is -2.12. The number of halogens is 3. The minimum Gasteiger partial charge on any atom is -0.493 e. The molecule has 1 heterocycles. The first-order valence-corrected chi connectivity index (χ1v) is 9.67. The van der Waals surface area contributed by atoms with Crippen molar-refractivity contribution in [2.75, 3.05) is 19.5 Å². The molecule has 0 bridgehead atoms. The van der Waals surface area contributed by atoms with Gasteiger partial charge in [-0.15, -0.1) is 0 Å².